The number of hydrogen-bond donors (Lipinski definition) is 1. The molecule has 8 heteroatoms. The van der Waals surface area contributed by atoms with Crippen molar-refractivity contribution in [3.05, 3.63) is 54.2 Å². The maximum Gasteiger partial charge on any atom is 0.209 e. The highest BCUT2D eigenvalue weighted by Crippen LogP contribution is 2.43. The number of aromatic nitrogens is 1. The van der Waals surface area contributed by atoms with Crippen LogP contribution in [0.15, 0.2) is 58.5 Å². The molecule has 3 rings (SSSR count). The highest BCUT2D eigenvalue weighted by molar-refractivity contribution is 7.91. The third-order valence-corrected chi connectivity index (χ3v) is 6.13. The van der Waals surface area contributed by atoms with Crippen LogP contribution in [0.2, 0.25) is 0 Å². The summed E-state index contributed by atoms with van der Waals surface area (Å²) in [5.41, 5.74) is 0.759. The van der Waals surface area contributed by atoms with Crippen molar-refractivity contribution in [1.82, 2.24) is 4.98 Å². The number of carbonyl (C=O) groups excluding carboxylic acids is 1. The van der Waals surface area contributed by atoms with Crippen LogP contribution in [0.3, 0.4) is 0 Å². The summed E-state index contributed by atoms with van der Waals surface area (Å²) in [6, 6.07) is 11.2. The number of nitrogens with one attached hydrogen (secondary N) is 1. The van der Waals surface area contributed by atoms with Gasteiger partial charge in [0.25, 0.3) is 0 Å². The van der Waals surface area contributed by atoms with E-state index in [9.17, 15) is 13.2 Å². The summed E-state index contributed by atoms with van der Waals surface area (Å²) in [6.07, 6.45) is 1.87. The van der Waals surface area contributed by atoms with Gasteiger partial charge >= 0.3 is 0 Å². The molecule has 0 radical (unpaired) electrons. The molecule has 1 N–H and O–H groups in total. The molecule has 0 unspecified atom stereocenters. The fraction of sp³-hybridized carbons (Fsp3) is 0.150. The number of ether oxygens (including phenoxy) is 3. The number of aldehydes is 1. The number of sulfone groups is 1. The van der Waals surface area contributed by atoms with E-state index in [1.165, 1.54) is 39.7 Å². The summed E-state index contributed by atoms with van der Waals surface area (Å²) in [4.78, 5) is 14.4. The minimum absolute atomic E-state index is 0.0348. The SMILES string of the molecule is COc1cc(-c2[nH]cc(C=O)c2S(=O)(=O)c2ccccc2)cc(OC)c1OC. The molecule has 0 saturated heterocycles. The number of rotatable bonds is 7. The molecule has 1 heterocycles. The molecule has 0 fully saturated rings. The van der Waals surface area contributed by atoms with Crippen molar-refractivity contribution in [2.45, 2.75) is 9.79 Å². The fourth-order valence-corrected chi connectivity index (χ4v) is 4.57. The summed E-state index contributed by atoms with van der Waals surface area (Å²) >= 11 is 0. The molecule has 3 aromatic rings. The Kier molecular flexibility index (Phi) is 5.41. The van der Waals surface area contributed by atoms with Crippen LogP contribution in [-0.2, 0) is 9.84 Å². The molecular formula is C20H19NO6S. The lowest BCUT2D eigenvalue weighted by Crippen LogP contribution is -2.05. The van der Waals surface area contributed by atoms with E-state index in [2.05, 4.69) is 4.98 Å². The van der Waals surface area contributed by atoms with Crippen LogP contribution < -0.4 is 14.2 Å². The van der Waals surface area contributed by atoms with Gasteiger partial charge in [0.2, 0.25) is 15.6 Å². The van der Waals surface area contributed by atoms with E-state index in [-0.39, 0.29) is 21.0 Å². The standard InChI is InChI=1S/C20H19NO6S/c1-25-16-9-13(10-17(26-2)19(16)27-3)18-20(14(12-22)11-21-18)28(23,24)15-7-5-4-6-8-15/h4-12,21H,1-3H3. The molecule has 0 amide bonds. The second-order valence-electron chi connectivity index (χ2n) is 5.80. The van der Waals surface area contributed by atoms with Gasteiger partial charge in [-0.2, -0.15) is 0 Å². The van der Waals surface area contributed by atoms with Crippen LogP contribution in [-0.4, -0.2) is 41.0 Å². The Labute approximate surface area is 162 Å². The van der Waals surface area contributed by atoms with Crippen LogP contribution in [0.4, 0.5) is 0 Å². The summed E-state index contributed by atoms with van der Waals surface area (Å²) in [6.45, 7) is 0. The average Bonchev–Trinajstić information content (AvgIpc) is 3.18. The maximum absolute atomic E-state index is 13.2. The van der Waals surface area contributed by atoms with Crippen LogP contribution in [0.25, 0.3) is 11.3 Å². The topological polar surface area (TPSA) is 94.7 Å². The molecular weight excluding hydrogens is 382 g/mol. The van der Waals surface area contributed by atoms with Gasteiger partial charge in [0, 0.05) is 11.8 Å². The predicted octanol–water partition coefficient (Wildman–Crippen LogP) is 3.35. The Bertz CT molecular complexity index is 1080. The first kappa shape index (κ1) is 19.5. The summed E-state index contributed by atoms with van der Waals surface area (Å²) < 4.78 is 42.5. The monoisotopic (exact) mass is 401 g/mol. The van der Waals surface area contributed by atoms with Crippen LogP contribution in [0.1, 0.15) is 10.4 Å². The number of hydrogen-bond acceptors (Lipinski definition) is 6. The van der Waals surface area contributed by atoms with E-state index >= 15 is 0 Å². The van der Waals surface area contributed by atoms with Crippen molar-refractivity contribution >= 4 is 16.1 Å². The lowest BCUT2D eigenvalue weighted by Gasteiger charge is -2.15. The molecule has 0 aliphatic carbocycles. The molecule has 0 atom stereocenters. The molecule has 0 bridgehead atoms. The molecule has 0 aliphatic heterocycles. The van der Waals surface area contributed by atoms with Crippen LogP contribution >= 0.6 is 0 Å². The van der Waals surface area contributed by atoms with Gasteiger partial charge < -0.3 is 19.2 Å². The van der Waals surface area contributed by atoms with Gasteiger partial charge in [0.15, 0.2) is 17.8 Å². The third kappa shape index (κ3) is 3.22. The quantitative estimate of drug-likeness (QED) is 0.610. The predicted molar refractivity (Wildman–Crippen MR) is 103 cm³/mol. The van der Waals surface area contributed by atoms with E-state index in [1.54, 1.807) is 30.3 Å². The molecule has 2 aromatic carbocycles. The Morgan fingerprint density at radius 2 is 1.54 bits per heavy atom. The Morgan fingerprint density at radius 1 is 0.929 bits per heavy atom. The van der Waals surface area contributed by atoms with E-state index in [0.29, 0.717) is 29.1 Å². The first-order valence-electron chi connectivity index (χ1n) is 8.25. The van der Waals surface area contributed by atoms with Crippen molar-refractivity contribution in [3.8, 4) is 28.5 Å². The summed E-state index contributed by atoms with van der Waals surface area (Å²) in [5.74, 6) is 1.10. The van der Waals surface area contributed by atoms with Gasteiger partial charge in [0.1, 0.15) is 4.90 Å². The van der Waals surface area contributed by atoms with Crippen molar-refractivity contribution in [1.29, 1.82) is 0 Å². The Morgan fingerprint density at radius 3 is 2.04 bits per heavy atom. The largest absolute Gasteiger partial charge is 0.493 e. The molecule has 0 spiro atoms. The maximum atomic E-state index is 13.2. The molecule has 0 saturated carbocycles. The minimum Gasteiger partial charge on any atom is -0.493 e. The van der Waals surface area contributed by atoms with Gasteiger partial charge in [-0.25, -0.2) is 8.42 Å². The highest BCUT2D eigenvalue weighted by Gasteiger charge is 2.28. The van der Waals surface area contributed by atoms with Crippen LogP contribution in [0, 0.1) is 0 Å². The normalized spacial score (nSPS) is 11.1. The van der Waals surface area contributed by atoms with Gasteiger partial charge in [-0.15, -0.1) is 0 Å². The number of aromatic amines is 1. The van der Waals surface area contributed by atoms with Crippen LogP contribution in [0.5, 0.6) is 17.2 Å². The van der Waals surface area contributed by atoms with E-state index in [1.807, 2.05) is 0 Å². The third-order valence-electron chi connectivity index (χ3n) is 4.26. The second-order valence-corrected chi connectivity index (χ2v) is 7.68. The Hall–Kier alpha value is -3.26. The zero-order chi connectivity index (χ0) is 20.3. The molecule has 28 heavy (non-hydrogen) atoms. The fourth-order valence-electron chi connectivity index (χ4n) is 2.96. The van der Waals surface area contributed by atoms with E-state index in [4.69, 9.17) is 14.2 Å². The average molecular weight is 401 g/mol. The minimum atomic E-state index is -3.95. The Balaban J connectivity index is 2.29. The van der Waals surface area contributed by atoms with Crippen molar-refractivity contribution in [3.63, 3.8) is 0 Å². The van der Waals surface area contributed by atoms with Gasteiger partial charge in [-0.1, -0.05) is 18.2 Å². The number of benzene rings is 2. The second kappa shape index (κ2) is 7.77. The molecule has 146 valence electrons. The molecule has 0 aliphatic rings. The van der Waals surface area contributed by atoms with Crippen molar-refractivity contribution in [2.75, 3.05) is 21.3 Å². The van der Waals surface area contributed by atoms with E-state index < -0.39 is 9.84 Å². The first-order chi connectivity index (χ1) is 13.5. The lowest BCUT2D eigenvalue weighted by atomic mass is 10.1. The number of methoxy groups -OCH3 is 3. The summed E-state index contributed by atoms with van der Waals surface area (Å²) in [7, 11) is 0.462. The zero-order valence-electron chi connectivity index (χ0n) is 15.6. The number of carbonyl (C=O) groups is 1. The van der Waals surface area contributed by atoms with Gasteiger partial charge in [-0.3, -0.25) is 4.79 Å². The summed E-state index contributed by atoms with van der Waals surface area (Å²) in [5, 5.41) is 0. The smallest absolute Gasteiger partial charge is 0.209 e. The lowest BCUT2D eigenvalue weighted by molar-refractivity contribution is 0.112. The van der Waals surface area contributed by atoms with Gasteiger partial charge in [-0.05, 0) is 24.3 Å². The first-order valence-corrected chi connectivity index (χ1v) is 9.73. The molecule has 1 aromatic heterocycles. The molecule has 7 nitrogen and oxygen atoms in total. The zero-order valence-corrected chi connectivity index (χ0v) is 16.4. The highest BCUT2D eigenvalue weighted by atomic mass is 32.2. The number of H-pyrrole nitrogens is 1. The van der Waals surface area contributed by atoms with Crippen molar-refractivity contribution in [2.24, 2.45) is 0 Å². The van der Waals surface area contributed by atoms with Crippen molar-refractivity contribution < 1.29 is 27.4 Å². The van der Waals surface area contributed by atoms with Gasteiger partial charge in [0.05, 0.1) is 37.5 Å². The van der Waals surface area contributed by atoms with E-state index in [0.717, 1.165) is 0 Å².